The summed E-state index contributed by atoms with van der Waals surface area (Å²) in [7, 11) is -3.73. The normalized spacial score (nSPS) is 11.1. The lowest BCUT2D eigenvalue weighted by molar-refractivity contribution is 0.102. The Bertz CT molecular complexity index is 1050. The number of carbonyl (C=O) groups excluding carboxylic acids is 1. The fourth-order valence-electron chi connectivity index (χ4n) is 2.61. The fraction of sp³-hybridized carbons (Fsp3) is 0.0952. The zero-order chi connectivity index (χ0) is 19.3. The number of carbonyl (C=O) groups is 1. The predicted molar refractivity (Wildman–Crippen MR) is 106 cm³/mol. The van der Waals surface area contributed by atoms with E-state index in [1.165, 1.54) is 12.1 Å². The molecular formula is C21H20N2O3S. The van der Waals surface area contributed by atoms with Crippen molar-refractivity contribution in [3.63, 3.8) is 0 Å². The van der Waals surface area contributed by atoms with E-state index in [9.17, 15) is 13.2 Å². The minimum Gasteiger partial charge on any atom is -0.322 e. The number of para-hydroxylation sites is 1. The molecule has 0 bridgehead atoms. The summed E-state index contributed by atoms with van der Waals surface area (Å²) in [6.45, 7) is 2.14. The molecule has 3 aromatic rings. The first-order valence-corrected chi connectivity index (χ1v) is 9.94. The lowest BCUT2D eigenvalue weighted by Crippen LogP contribution is -2.23. The quantitative estimate of drug-likeness (QED) is 0.684. The van der Waals surface area contributed by atoms with Crippen LogP contribution in [0.1, 0.15) is 21.5 Å². The van der Waals surface area contributed by atoms with Crippen LogP contribution in [0.15, 0.2) is 83.8 Å². The zero-order valence-corrected chi connectivity index (χ0v) is 15.7. The molecule has 0 spiro atoms. The number of rotatable bonds is 6. The number of hydrogen-bond acceptors (Lipinski definition) is 3. The van der Waals surface area contributed by atoms with Gasteiger partial charge in [-0.15, -0.1) is 0 Å². The van der Waals surface area contributed by atoms with Crippen molar-refractivity contribution in [1.82, 2.24) is 4.72 Å². The molecule has 27 heavy (non-hydrogen) atoms. The second-order valence-corrected chi connectivity index (χ2v) is 7.93. The van der Waals surface area contributed by atoms with Gasteiger partial charge in [-0.25, -0.2) is 13.1 Å². The van der Waals surface area contributed by atoms with Gasteiger partial charge < -0.3 is 5.32 Å². The average Bonchev–Trinajstić information content (AvgIpc) is 2.67. The highest BCUT2D eigenvalue weighted by molar-refractivity contribution is 7.89. The first-order valence-electron chi connectivity index (χ1n) is 8.46. The summed E-state index contributed by atoms with van der Waals surface area (Å²) < 4.78 is 27.7. The maximum absolute atomic E-state index is 12.6. The van der Waals surface area contributed by atoms with Crippen molar-refractivity contribution in [3.05, 3.63) is 95.6 Å². The molecule has 0 aliphatic carbocycles. The van der Waals surface area contributed by atoms with Crippen LogP contribution in [0.3, 0.4) is 0 Å². The van der Waals surface area contributed by atoms with Crippen molar-refractivity contribution in [3.8, 4) is 0 Å². The topological polar surface area (TPSA) is 75.3 Å². The minimum absolute atomic E-state index is 0.0517. The van der Waals surface area contributed by atoms with Crippen LogP contribution in [0.25, 0.3) is 0 Å². The van der Waals surface area contributed by atoms with Crippen LogP contribution >= 0.6 is 0 Å². The van der Waals surface area contributed by atoms with Crippen LogP contribution in [0.4, 0.5) is 5.69 Å². The molecule has 0 saturated carbocycles. The molecule has 1 amide bonds. The number of benzene rings is 3. The van der Waals surface area contributed by atoms with E-state index in [2.05, 4.69) is 10.0 Å². The summed E-state index contributed by atoms with van der Waals surface area (Å²) in [6.07, 6.45) is 0. The highest BCUT2D eigenvalue weighted by Crippen LogP contribution is 2.15. The third-order valence-corrected chi connectivity index (χ3v) is 5.39. The van der Waals surface area contributed by atoms with Gasteiger partial charge in [0.05, 0.1) is 4.90 Å². The number of sulfonamides is 1. The Morgan fingerprint density at radius 1 is 0.889 bits per heavy atom. The molecule has 0 radical (unpaired) electrons. The highest BCUT2D eigenvalue weighted by Gasteiger charge is 2.16. The lowest BCUT2D eigenvalue weighted by atomic mass is 10.1. The summed E-state index contributed by atoms with van der Waals surface area (Å²) in [6, 6.07) is 22.6. The number of hydrogen-bond donors (Lipinski definition) is 2. The standard InChI is InChI=1S/C21H20N2O3S/c1-16-7-5-8-17(13-16)15-22-27(25,26)20-12-6-9-18(14-20)21(24)23-19-10-3-2-4-11-19/h2-14,22H,15H2,1H3,(H,23,24). The van der Waals surface area contributed by atoms with Crippen molar-refractivity contribution in [2.24, 2.45) is 0 Å². The molecule has 0 saturated heterocycles. The van der Waals surface area contributed by atoms with Crippen LogP contribution < -0.4 is 10.0 Å². The smallest absolute Gasteiger partial charge is 0.255 e. The molecule has 5 nitrogen and oxygen atoms in total. The van der Waals surface area contributed by atoms with Gasteiger partial charge in [-0.2, -0.15) is 0 Å². The number of anilines is 1. The van der Waals surface area contributed by atoms with Crippen LogP contribution in [-0.4, -0.2) is 14.3 Å². The Hall–Kier alpha value is -2.96. The maximum atomic E-state index is 12.6. The summed E-state index contributed by atoms with van der Waals surface area (Å²) in [4.78, 5) is 12.4. The van der Waals surface area contributed by atoms with Crippen LogP contribution in [0.5, 0.6) is 0 Å². The molecule has 2 N–H and O–H groups in total. The molecule has 138 valence electrons. The maximum Gasteiger partial charge on any atom is 0.255 e. The molecule has 0 fully saturated rings. The first kappa shape index (κ1) is 18.8. The van der Waals surface area contributed by atoms with Gasteiger partial charge in [-0.1, -0.05) is 54.1 Å². The molecule has 3 rings (SSSR count). The van der Waals surface area contributed by atoms with Crippen molar-refractivity contribution >= 4 is 21.6 Å². The predicted octanol–water partition coefficient (Wildman–Crippen LogP) is 3.73. The first-order chi connectivity index (χ1) is 12.9. The monoisotopic (exact) mass is 380 g/mol. The summed E-state index contributed by atoms with van der Waals surface area (Å²) in [5.41, 5.74) is 2.86. The Labute approximate surface area is 159 Å². The second-order valence-electron chi connectivity index (χ2n) is 6.16. The van der Waals surface area contributed by atoms with E-state index in [4.69, 9.17) is 0 Å². The Kier molecular flexibility index (Phi) is 5.69. The molecular weight excluding hydrogens is 360 g/mol. The van der Waals surface area contributed by atoms with Gasteiger partial charge in [0.1, 0.15) is 0 Å². The third-order valence-electron chi connectivity index (χ3n) is 3.99. The number of aryl methyl sites for hydroxylation is 1. The molecule has 0 atom stereocenters. The van der Waals surface area contributed by atoms with E-state index < -0.39 is 10.0 Å². The van der Waals surface area contributed by atoms with Gasteiger partial charge in [0.15, 0.2) is 0 Å². The zero-order valence-electron chi connectivity index (χ0n) is 14.8. The van der Waals surface area contributed by atoms with Gasteiger partial charge in [0, 0.05) is 17.8 Å². The van der Waals surface area contributed by atoms with Crippen molar-refractivity contribution in [2.45, 2.75) is 18.4 Å². The van der Waals surface area contributed by atoms with E-state index in [1.54, 1.807) is 24.3 Å². The molecule has 3 aromatic carbocycles. The highest BCUT2D eigenvalue weighted by atomic mass is 32.2. The summed E-state index contributed by atoms with van der Waals surface area (Å²) >= 11 is 0. The van der Waals surface area contributed by atoms with E-state index in [1.807, 2.05) is 49.4 Å². The van der Waals surface area contributed by atoms with Crippen LogP contribution in [0, 0.1) is 6.92 Å². The molecule has 6 heteroatoms. The Morgan fingerprint density at radius 2 is 1.63 bits per heavy atom. The minimum atomic E-state index is -3.73. The second kappa shape index (κ2) is 8.16. The fourth-order valence-corrected chi connectivity index (χ4v) is 3.68. The molecule has 0 aliphatic heterocycles. The average molecular weight is 380 g/mol. The van der Waals surface area contributed by atoms with E-state index in [-0.39, 0.29) is 22.9 Å². The van der Waals surface area contributed by atoms with Crippen LogP contribution in [-0.2, 0) is 16.6 Å². The van der Waals surface area contributed by atoms with E-state index in [0.29, 0.717) is 5.69 Å². The Morgan fingerprint density at radius 3 is 2.37 bits per heavy atom. The van der Waals surface area contributed by atoms with E-state index >= 15 is 0 Å². The van der Waals surface area contributed by atoms with Gasteiger partial charge in [-0.05, 0) is 42.8 Å². The SMILES string of the molecule is Cc1cccc(CNS(=O)(=O)c2cccc(C(=O)Nc3ccccc3)c2)c1. The molecule has 0 unspecified atom stereocenters. The summed E-state index contributed by atoms with van der Waals surface area (Å²) in [5, 5.41) is 2.75. The van der Waals surface area contributed by atoms with Crippen molar-refractivity contribution in [1.29, 1.82) is 0 Å². The van der Waals surface area contributed by atoms with Crippen LogP contribution in [0.2, 0.25) is 0 Å². The van der Waals surface area contributed by atoms with Gasteiger partial charge >= 0.3 is 0 Å². The number of amides is 1. The lowest BCUT2D eigenvalue weighted by Gasteiger charge is -2.09. The third kappa shape index (κ3) is 5.03. The molecule has 0 aliphatic rings. The number of nitrogens with one attached hydrogen (secondary N) is 2. The van der Waals surface area contributed by atoms with Gasteiger partial charge in [0.25, 0.3) is 5.91 Å². The molecule has 0 heterocycles. The van der Waals surface area contributed by atoms with E-state index in [0.717, 1.165) is 11.1 Å². The van der Waals surface area contributed by atoms with Crippen molar-refractivity contribution < 1.29 is 13.2 Å². The van der Waals surface area contributed by atoms with Crippen molar-refractivity contribution in [2.75, 3.05) is 5.32 Å². The summed E-state index contributed by atoms with van der Waals surface area (Å²) in [5.74, 6) is -0.364. The molecule has 0 aromatic heterocycles. The Balaban J connectivity index is 1.74. The largest absolute Gasteiger partial charge is 0.322 e. The van der Waals surface area contributed by atoms with Gasteiger partial charge in [-0.3, -0.25) is 4.79 Å². The van der Waals surface area contributed by atoms with Gasteiger partial charge in [0.2, 0.25) is 10.0 Å².